The van der Waals surface area contributed by atoms with E-state index in [9.17, 15) is 26.3 Å². The van der Waals surface area contributed by atoms with Crippen molar-refractivity contribution in [3.05, 3.63) is 22.5 Å². The van der Waals surface area contributed by atoms with E-state index in [0.717, 1.165) is 0 Å². The van der Waals surface area contributed by atoms with E-state index in [-0.39, 0.29) is 6.20 Å². The lowest BCUT2D eigenvalue weighted by Gasteiger charge is -2.15. The van der Waals surface area contributed by atoms with Gasteiger partial charge in [0, 0.05) is 10.9 Å². The second-order valence-electron chi connectivity index (χ2n) is 2.94. The van der Waals surface area contributed by atoms with Crippen molar-refractivity contribution in [2.45, 2.75) is 17.9 Å². The summed E-state index contributed by atoms with van der Waals surface area (Å²) in [5, 5.41) is -1.20. The molecule has 0 aliphatic heterocycles. The molecule has 0 aromatic carbocycles. The van der Waals surface area contributed by atoms with Gasteiger partial charge in [0.25, 0.3) is 0 Å². The van der Waals surface area contributed by atoms with Crippen molar-refractivity contribution in [1.29, 1.82) is 0 Å². The molecule has 1 aromatic rings. The van der Waals surface area contributed by atoms with Crippen LogP contribution in [0.2, 0.25) is 5.02 Å². The van der Waals surface area contributed by atoms with Crippen LogP contribution in [0.5, 0.6) is 5.75 Å². The van der Waals surface area contributed by atoms with Gasteiger partial charge in [-0.3, -0.25) is 0 Å². The lowest BCUT2D eigenvalue weighted by molar-refractivity contribution is -0.274. The summed E-state index contributed by atoms with van der Waals surface area (Å²) in [6.45, 7) is 0. The molecule has 0 saturated carbocycles. The van der Waals surface area contributed by atoms with E-state index >= 15 is 0 Å². The summed E-state index contributed by atoms with van der Waals surface area (Å²) in [4.78, 5) is 2.90. The highest BCUT2D eigenvalue weighted by Gasteiger charge is 2.38. The van der Waals surface area contributed by atoms with Gasteiger partial charge < -0.3 is 4.74 Å². The first-order chi connectivity index (χ1) is 8.06. The summed E-state index contributed by atoms with van der Waals surface area (Å²) < 4.78 is 76.7. The van der Waals surface area contributed by atoms with E-state index in [4.69, 9.17) is 11.6 Å². The number of hydrogen-bond donors (Lipinski definition) is 0. The normalized spacial score (nSPS) is 12.7. The average molecular weight is 358 g/mol. The van der Waals surface area contributed by atoms with Crippen molar-refractivity contribution in [3.8, 4) is 5.75 Å². The third-order valence-corrected chi connectivity index (χ3v) is 2.68. The number of hydrogen-bond acceptors (Lipinski definition) is 2. The molecule has 0 spiro atoms. The van der Waals surface area contributed by atoms with Crippen molar-refractivity contribution in [3.63, 3.8) is 0 Å². The van der Waals surface area contributed by atoms with Crippen LogP contribution in [0, 0.1) is 0 Å². The van der Waals surface area contributed by atoms with Crippen molar-refractivity contribution >= 4 is 27.5 Å². The summed E-state index contributed by atoms with van der Waals surface area (Å²) in [6, 6.07) is 0. The monoisotopic (exact) mass is 357 g/mol. The molecule has 0 atom stereocenters. The molecule has 0 fully saturated rings. The zero-order valence-corrected chi connectivity index (χ0v) is 10.5. The first-order valence-corrected chi connectivity index (χ1v) is 5.62. The minimum atomic E-state index is -5.06. The van der Waals surface area contributed by atoms with Gasteiger partial charge in [0.15, 0.2) is 5.75 Å². The van der Waals surface area contributed by atoms with Gasteiger partial charge in [-0.25, -0.2) is 4.98 Å². The standard InChI is InChI=1S/C8H3BrClF6NO/c9-1-3-5(10)4(18-8(14,15)16)2-17-6(3)7(11,12)13/h2H,1H2. The lowest BCUT2D eigenvalue weighted by atomic mass is 10.2. The Bertz CT molecular complexity index is 446. The number of ether oxygens (including phenoxy) is 1. The molecule has 1 aromatic heterocycles. The summed E-state index contributed by atoms with van der Waals surface area (Å²) in [7, 11) is 0. The topological polar surface area (TPSA) is 22.1 Å². The molecule has 18 heavy (non-hydrogen) atoms. The highest BCUT2D eigenvalue weighted by Crippen LogP contribution is 2.39. The first kappa shape index (κ1) is 15.4. The lowest BCUT2D eigenvalue weighted by Crippen LogP contribution is -2.19. The van der Waals surface area contributed by atoms with Gasteiger partial charge in [-0.2, -0.15) is 13.2 Å². The predicted octanol–water partition coefficient (Wildman–Crippen LogP) is 4.55. The molecule has 0 aliphatic carbocycles. The van der Waals surface area contributed by atoms with Crippen LogP contribution in [-0.4, -0.2) is 11.3 Å². The van der Waals surface area contributed by atoms with E-state index in [1.807, 2.05) is 0 Å². The average Bonchev–Trinajstić information content (AvgIpc) is 2.17. The molecule has 0 bridgehead atoms. The summed E-state index contributed by atoms with van der Waals surface area (Å²) in [5.41, 5.74) is -1.98. The number of rotatable bonds is 2. The number of halogens is 8. The SMILES string of the molecule is FC(F)(F)Oc1cnc(C(F)(F)F)c(CBr)c1Cl. The molecule has 102 valence electrons. The molecular weight excluding hydrogens is 355 g/mol. The second kappa shape index (κ2) is 5.12. The maximum atomic E-state index is 12.5. The minimum absolute atomic E-state index is 0.283. The molecule has 0 N–H and O–H groups in total. The van der Waals surface area contributed by atoms with Gasteiger partial charge in [0.05, 0.1) is 11.2 Å². The van der Waals surface area contributed by atoms with Crippen LogP contribution < -0.4 is 4.74 Å². The second-order valence-corrected chi connectivity index (χ2v) is 3.88. The van der Waals surface area contributed by atoms with Crippen molar-refractivity contribution < 1.29 is 31.1 Å². The Kier molecular flexibility index (Phi) is 4.37. The first-order valence-electron chi connectivity index (χ1n) is 4.12. The van der Waals surface area contributed by atoms with Crippen LogP contribution in [0.4, 0.5) is 26.3 Å². The van der Waals surface area contributed by atoms with E-state index in [0.29, 0.717) is 0 Å². The van der Waals surface area contributed by atoms with Gasteiger partial charge in [-0.05, 0) is 0 Å². The number of pyridine rings is 1. The Morgan fingerprint density at radius 3 is 2.17 bits per heavy atom. The fourth-order valence-electron chi connectivity index (χ4n) is 1.07. The fraction of sp³-hybridized carbons (Fsp3) is 0.375. The maximum absolute atomic E-state index is 12.5. The third-order valence-electron chi connectivity index (χ3n) is 1.71. The van der Waals surface area contributed by atoms with E-state index in [1.165, 1.54) is 0 Å². The van der Waals surface area contributed by atoms with Crippen LogP contribution >= 0.6 is 27.5 Å². The molecule has 0 radical (unpaired) electrons. The third kappa shape index (κ3) is 3.64. The van der Waals surface area contributed by atoms with Gasteiger partial charge in [0.2, 0.25) is 0 Å². The van der Waals surface area contributed by atoms with E-state index in [1.54, 1.807) is 0 Å². The molecular formula is C8H3BrClF6NO. The smallest absolute Gasteiger partial charge is 0.403 e. The molecule has 0 saturated heterocycles. The fourth-order valence-corrected chi connectivity index (χ4v) is 2.02. The summed E-state index contributed by atoms with van der Waals surface area (Å²) >= 11 is 8.14. The predicted molar refractivity (Wildman–Crippen MR) is 53.6 cm³/mol. The zero-order valence-electron chi connectivity index (χ0n) is 8.16. The molecule has 1 heterocycles. The van der Waals surface area contributed by atoms with Gasteiger partial charge in [-0.15, -0.1) is 13.2 Å². The highest BCUT2D eigenvalue weighted by atomic mass is 79.9. The van der Waals surface area contributed by atoms with Crippen LogP contribution in [0.1, 0.15) is 11.3 Å². The molecule has 10 heteroatoms. The highest BCUT2D eigenvalue weighted by molar-refractivity contribution is 9.08. The molecule has 0 amide bonds. The van der Waals surface area contributed by atoms with Gasteiger partial charge in [-0.1, -0.05) is 27.5 Å². The van der Waals surface area contributed by atoms with Crippen molar-refractivity contribution in [2.24, 2.45) is 0 Å². The van der Waals surface area contributed by atoms with Crippen molar-refractivity contribution in [1.82, 2.24) is 4.98 Å². The summed E-state index contributed by atoms with van der Waals surface area (Å²) in [6.07, 6.45) is -9.59. The van der Waals surface area contributed by atoms with Crippen LogP contribution in [0.15, 0.2) is 6.20 Å². The Morgan fingerprint density at radius 2 is 1.78 bits per heavy atom. The summed E-state index contributed by atoms with van der Waals surface area (Å²) in [5.74, 6) is -0.980. The zero-order chi connectivity index (χ0) is 14.1. The number of alkyl halides is 7. The Labute approximate surface area is 110 Å². The number of nitrogens with zero attached hydrogens (tertiary/aromatic N) is 1. The van der Waals surface area contributed by atoms with Crippen molar-refractivity contribution in [2.75, 3.05) is 0 Å². The van der Waals surface area contributed by atoms with Gasteiger partial charge >= 0.3 is 12.5 Å². The van der Waals surface area contributed by atoms with E-state index < -0.39 is 39.9 Å². The molecule has 0 unspecified atom stereocenters. The molecule has 0 aliphatic rings. The van der Waals surface area contributed by atoms with Crippen LogP contribution in [0.25, 0.3) is 0 Å². The molecule has 2 nitrogen and oxygen atoms in total. The van der Waals surface area contributed by atoms with Gasteiger partial charge in [0.1, 0.15) is 5.69 Å². The Hall–Kier alpha value is -0.700. The minimum Gasteiger partial charge on any atom is -0.403 e. The maximum Gasteiger partial charge on any atom is 0.573 e. The quantitative estimate of drug-likeness (QED) is 0.572. The van der Waals surface area contributed by atoms with Crippen LogP contribution in [-0.2, 0) is 11.5 Å². The van der Waals surface area contributed by atoms with Crippen LogP contribution in [0.3, 0.4) is 0 Å². The Morgan fingerprint density at radius 1 is 1.22 bits per heavy atom. The largest absolute Gasteiger partial charge is 0.573 e. The molecule has 1 rings (SSSR count). The Balaban J connectivity index is 3.29. The van der Waals surface area contributed by atoms with E-state index in [2.05, 4.69) is 25.7 Å². The number of aromatic nitrogens is 1.